The third-order valence-corrected chi connectivity index (χ3v) is 3.75. The van der Waals surface area contributed by atoms with E-state index in [9.17, 15) is 9.59 Å². The van der Waals surface area contributed by atoms with Crippen molar-refractivity contribution in [2.24, 2.45) is 0 Å². The molecule has 0 spiro atoms. The summed E-state index contributed by atoms with van der Waals surface area (Å²) < 4.78 is 0. The first-order chi connectivity index (χ1) is 8.81. The predicted octanol–water partition coefficient (Wildman–Crippen LogP) is 2.60. The molecule has 0 bridgehead atoms. The Bertz CT molecular complexity index is 609. The van der Waals surface area contributed by atoms with Crippen LogP contribution in [0.3, 0.4) is 0 Å². The van der Waals surface area contributed by atoms with Crippen molar-refractivity contribution in [3.8, 4) is 0 Å². The Hall–Kier alpha value is -1.97. The van der Waals surface area contributed by atoms with Crippen molar-refractivity contribution >= 4 is 23.0 Å². The van der Waals surface area contributed by atoms with Gasteiger partial charge in [-0.15, -0.1) is 0 Å². The fourth-order valence-electron chi connectivity index (χ4n) is 2.90. The van der Waals surface area contributed by atoms with Crippen molar-refractivity contribution in [1.29, 1.82) is 0 Å². The molecule has 1 fully saturated rings. The Morgan fingerprint density at radius 2 is 2.17 bits per heavy atom. The number of H-pyrrole nitrogens is 1. The number of hydrogen-bond acceptors (Lipinski definition) is 3. The Kier molecular flexibility index (Phi) is 2.70. The number of Topliss-reactive ketones (excluding diaryl/α,β-unsaturated/α-hetero) is 1. The molecule has 1 aliphatic carbocycles. The number of pyridine rings is 1. The van der Waals surface area contributed by atoms with E-state index in [0.717, 1.165) is 29.4 Å². The maximum absolute atomic E-state index is 11.9. The fraction of sp³-hybridized carbons (Fsp3) is 0.357. The highest BCUT2D eigenvalue weighted by molar-refractivity contribution is 6.36. The van der Waals surface area contributed by atoms with Crippen LogP contribution in [-0.4, -0.2) is 22.0 Å². The second kappa shape index (κ2) is 4.37. The molecule has 1 saturated carbocycles. The van der Waals surface area contributed by atoms with Crippen LogP contribution in [0.5, 0.6) is 0 Å². The molecule has 0 radical (unpaired) electrons. The highest BCUT2D eigenvalue weighted by atomic mass is 16.2. The number of nitrogens with zero attached hydrogens (tertiary/aromatic N) is 1. The third-order valence-electron chi connectivity index (χ3n) is 3.75. The summed E-state index contributed by atoms with van der Waals surface area (Å²) in [6, 6.07) is 1.84. The van der Waals surface area contributed by atoms with Crippen LogP contribution in [0.15, 0.2) is 18.5 Å². The Morgan fingerprint density at radius 1 is 1.39 bits per heavy atom. The molecule has 0 unspecified atom stereocenters. The number of nitrogens with one attached hydrogen (secondary N) is 1. The summed E-state index contributed by atoms with van der Waals surface area (Å²) in [5.41, 5.74) is 2.34. The first-order valence-electron chi connectivity index (χ1n) is 6.26. The molecule has 2 heterocycles. The van der Waals surface area contributed by atoms with Gasteiger partial charge in [0.15, 0.2) is 6.29 Å². The van der Waals surface area contributed by atoms with E-state index in [0.29, 0.717) is 17.8 Å². The topological polar surface area (TPSA) is 62.8 Å². The van der Waals surface area contributed by atoms with Gasteiger partial charge in [-0.1, -0.05) is 12.8 Å². The summed E-state index contributed by atoms with van der Waals surface area (Å²) in [5, 5.41) is 0.761. The van der Waals surface area contributed by atoms with E-state index in [2.05, 4.69) is 9.97 Å². The van der Waals surface area contributed by atoms with Crippen LogP contribution in [0.25, 0.3) is 10.9 Å². The second-order valence-corrected chi connectivity index (χ2v) is 4.80. The highest BCUT2D eigenvalue weighted by Gasteiger charge is 2.26. The van der Waals surface area contributed by atoms with Gasteiger partial charge in [0.1, 0.15) is 0 Å². The van der Waals surface area contributed by atoms with E-state index >= 15 is 0 Å². The summed E-state index contributed by atoms with van der Waals surface area (Å²) >= 11 is 0. The van der Waals surface area contributed by atoms with Crippen LogP contribution in [0.2, 0.25) is 0 Å². The monoisotopic (exact) mass is 242 g/mol. The van der Waals surface area contributed by atoms with Gasteiger partial charge in [0.2, 0.25) is 5.78 Å². The molecule has 2 aromatic heterocycles. The van der Waals surface area contributed by atoms with E-state index in [1.807, 2.05) is 6.07 Å². The molecule has 0 saturated heterocycles. The Morgan fingerprint density at radius 3 is 2.89 bits per heavy atom. The van der Waals surface area contributed by atoms with Gasteiger partial charge in [0.05, 0.1) is 5.56 Å². The summed E-state index contributed by atoms with van der Waals surface area (Å²) in [6.07, 6.45) is 8.28. The number of ketones is 1. The molecular weight excluding hydrogens is 228 g/mol. The maximum Gasteiger partial charge on any atom is 0.227 e. The smallest absolute Gasteiger partial charge is 0.227 e. The van der Waals surface area contributed by atoms with E-state index in [4.69, 9.17) is 0 Å². The Balaban J connectivity index is 2.22. The molecule has 1 N–H and O–H groups in total. The second-order valence-electron chi connectivity index (χ2n) is 4.80. The molecule has 0 aromatic carbocycles. The average Bonchev–Trinajstić information content (AvgIpc) is 3.04. The fourth-order valence-corrected chi connectivity index (χ4v) is 2.90. The lowest BCUT2D eigenvalue weighted by atomic mass is 9.97. The van der Waals surface area contributed by atoms with Gasteiger partial charge >= 0.3 is 0 Å². The van der Waals surface area contributed by atoms with Crippen LogP contribution in [0.1, 0.15) is 47.7 Å². The molecule has 0 atom stereocenters. The zero-order chi connectivity index (χ0) is 12.5. The first-order valence-corrected chi connectivity index (χ1v) is 6.26. The normalized spacial score (nSPS) is 16.2. The van der Waals surface area contributed by atoms with Crippen molar-refractivity contribution < 1.29 is 9.59 Å². The third kappa shape index (κ3) is 1.65. The van der Waals surface area contributed by atoms with Crippen LogP contribution in [0, 0.1) is 0 Å². The molecule has 92 valence electrons. The summed E-state index contributed by atoms with van der Waals surface area (Å²) in [4.78, 5) is 30.0. The van der Waals surface area contributed by atoms with Gasteiger partial charge in [-0.2, -0.15) is 0 Å². The lowest BCUT2D eigenvalue weighted by molar-refractivity contribution is -0.104. The van der Waals surface area contributed by atoms with Crippen LogP contribution in [-0.2, 0) is 4.79 Å². The minimum absolute atomic E-state index is 0.372. The largest absolute Gasteiger partial charge is 0.357 e. The minimum Gasteiger partial charge on any atom is -0.357 e. The van der Waals surface area contributed by atoms with Gasteiger partial charge < -0.3 is 4.98 Å². The number of aromatic nitrogens is 2. The zero-order valence-corrected chi connectivity index (χ0v) is 9.98. The number of hydrogen-bond donors (Lipinski definition) is 1. The number of carbonyl (C=O) groups excluding carboxylic acids is 2. The average molecular weight is 242 g/mol. The van der Waals surface area contributed by atoms with Gasteiger partial charge in [-0.25, -0.2) is 0 Å². The van der Waals surface area contributed by atoms with E-state index in [1.165, 1.54) is 12.8 Å². The molecule has 4 heteroatoms. The lowest BCUT2D eigenvalue weighted by Crippen LogP contribution is -2.06. The molecule has 0 amide bonds. The molecule has 4 nitrogen and oxygen atoms in total. The molecule has 18 heavy (non-hydrogen) atoms. The van der Waals surface area contributed by atoms with Gasteiger partial charge in [0.25, 0.3) is 0 Å². The lowest BCUT2D eigenvalue weighted by Gasteiger charge is -2.08. The number of fused-ring (bicyclic) bond motifs is 1. The SMILES string of the molecule is O=CC(=O)c1c(C2CCCC2)[nH]c2ccncc12. The van der Waals surface area contributed by atoms with Crippen LogP contribution in [0.4, 0.5) is 0 Å². The molecule has 1 aliphatic rings. The summed E-state index contributed by atoms with van der Waals surface area (Å²) in [7, 11) is 0. The van der Waals surface area contributed by atoms with E-state index in [-0.39, 0.29) is 0 Å². The summed E-state index contributed by atoms with van der Waals surface area (Å²) in [6.45, 7) is 0. The number of aldehydes is 1. The quantitative estimate of drug-likeness (QED) is 0.511. The summed E-state index contributed by atoms with van der Waals surface area (Å²) in [5.74, 6) is -0.0764. The molecular formula is C14H14N2O2. The van der Waals surface area contributed by atoms with Crippen molar-refractivity contribution in [2.45, 2.75) is 31.6 Å². The predicted molar refractivity (Wildman–Crippen MR) is 67.7 cm³/mol. The molecule has 3 rings (SSSR count). The van der Waals surface area contributed by atoms with Crippen LogP contribution < -0.4 is 0 Å². The van der Waals surface area contributed by atoms with Gasteiger partial charge in [-0.05, 0) is 24.8 Å². The molecule has 0 aliphatic heterocycles. The van der Waals surface area contributed by atoms with Crippen molar-refractivity contribution in [2.75, 3.05) is 0 Å². The standard InChI is InChI=1S/C14H14N2O2/c17-8-12(18)13-10-7-15-6-5-11(10)16-14(13)9-3-1-2-4-9/h5-9,16H,1-4H2. The van der Waals surface area contributed by atoms with Crippen molar-refractivity contribution in [3.63, 3.8) is 0 Å². The first kappa shape index (κ1) is 11.1. The maximum atomic E-state index is 11.9. The Labute approximate surface area is 104 Å². The van der Waals surface area contributed by atoms with Crippen LogP contribution >= 0.6 is 0 Å². The van der Waals surface area contributed by atoms with Gasteiger partial charge in [-0.3, -0.25) is 14.6 Å². The van der Waals surface area contributed by atoms with Gasteiger partial charge in [0, 0.05) is 29.0 Å². The number of carbonyl (C=O) groups is 2. The van der Waals surface area contributed by atoms with Crippen molar-refractivity contribution in [1.82, 2.24) is 9.97 Å². The molecule has 2 aromatic rings. The van der Waals surface area contributed by atoms with Crippen molar-refractivity contribution in [3.05, 3.63) is 29.7 Å². The highest BCUT2D eigenvalue weighted by Crippen LogP contribution is 2.37. The van der Waals surface area contributed by atoms with E-state index in [1.54, 1.807) is 12.4 Å². The zero-order valence-electron chi connectivity index (χ0n) is 9.98. The number of rotatable bonds is 3. The number of aromatic amines is 1. The minimum atomic E-state index is -0.448. The van der Waals surface area contributed by atoms with E-state index < -0.39 is 5.78 Å².